The summed E-state index contributed by atoms with van der Waals surface area (Å²) in [7, 11) is 0. The number of thiophene rings is 1. The highest BCUT2D eigenvalue weighted by Crippen LogP contribution is 2.20. The molecule has 6 nitrogen and oxygen atoms in total. The van der Waals surface area contributed by atoms with E-state index in [1.807, 2.05) is 58.0 Å². The zero-order valence-electron chi connectivity index (χ0n) is 17.9. The number of carbonyl (C=O) groups excluding carboxylic acids is 1. The van der Waals surface area contributed by atoms with Crippen molar-refractivity contribution >= 4 is 33.1 Å². The Bertz CT molecular complexity index is 1440. The lowest BCUT2D eigenvalue weighted by Gasteiger charge is -2.14. The van der Waals surface area contributed by atoms with Crippen molar-refractivity contribution in [2.45, 2.75) is 34.2 Å². The molecule has 1 amide bonds. The molecule has 0 aliphatic heterocycles. The fourth-order valence-corrected chi connectivity index (χ4v) is 4.38. The smallest absolute Gasteiger partial charge is 0.324 e. The largest absolute Gasteiger partial charge is 0.336 e. The molecule has 0 saturated carbocycles. The van der Waals surface area contributed by atoms with E-state index in [2.05, 4.69) is 5.32 Å². The van der Waals surface area contributed by atoms with Crippen LogP contribution in [0.4, 0.5) is 5.69 Å². The predicted octanol–water partition coefficient (Wildman–Crippen LogP) is 4.09. The predicted molar refractivity (Wildman–Crippen MR) is 126 cm³/mol. The van der Waals surface area contributed by atoms with Crippen LogP contribution >= 0.6 is 11.3 Å². The van der Waals surface area contributed by atoms with Crippen LogP contribution in [-0.4, -0.2) is 15.0 Å². The molecule has 0 aliphatic carbocycles. The van der Waals surface area contributed by atoms with Gasteiger partial charge >= 0.3 is 5.69 Å². The van der Waals surface area contributed by atoms with Crippen molar-refractivity contribution in [1.29, 1.82) is 0 Å². The molecule has 0 radical (unpaired) electrons. The van der Waals surface area contributed by atoms with Crippen LogP contribution in [0.3, 0.4) is 0 Å². The summed E-state index contributed by atoms with van der Waals surface area (Å²) >= 11 is 1.26. The van der Waals surface area contributed by atoms with E-state index >= 15 is 0 Å². The van der Waals surface area contributed by atoms with Crippen molar-refractivity contribution in [3.63, 3.8) is 0 Å². The van der Waals surface area contributed by atoms with E-state index in [0.29, 0.717) is 21.6 Å². The molecule has 4 rings (SSSR count). The van der Waals surface area contributed by atoms with Crippen molar-refractivity contribution in [2.75, 3.05) is 5.32 Å². The van der Waals surface area contributed by atoms with E-state index in [9.17, 15) is 14.4 Å². The number of anilines is 1. The van der Waals surface area contributed by atoms with Crippen molar-refractivity contribution in [2.24, 2.45) is 0 Å². The molecular formula is C24H23N3O3S. The maximum Gasteiger partial charge on any atom is 0.336 e. The van der Waals surface area contributed by atoms with Crippen LogP contribution in [0.15, 0.2) is 57.4 Å². The van der Waals surface area contributed by atoms with E-state index in [1.54, 1.807) is 17.5 Å². The average molecular weight is 434 g/mol. The summed E-state index contributed by atoms with van der Waals surface area (Å²) in [5, 5.41) is 4.65. The third-order valence-electron chi connectivity index (χ3n) is 5.68. The fourth-order valence-electron chi connectivity index (χ4n) is 3.55. The zero-order valence-corrected chi connectivity index (χ0v) is 18.7. The Morgan fingerprint density at radius 3 is 2.48 bits per heavy atom. The minimum Gasteiger partial charge on any atom is -0.324 e. The number of hydrogen-bond donors (Lipinski definition) is 1. The quantitative estimate of drug-likeness (QED) is 0.527. The van der Waals surface area contributed by atoms with Gasteiger partial charge in [-0.15, -0.1) is 11.3 Å². The lowest BCUT2D eigenvalue weighted by Crippen LogP contribution is -2.40. The topological polar surface area (TPSA) is 73.1 Å². The van der Waals surface area contributed by atoms with Crippen molar-refractivity contribution < 1.29 is 4.79 Å². The maximum absolute atomic E-state index is 13.4. The van der Waals surface area contributed by atoms with Gasteiger partial charge < -0.3 is 5.32 Å². The van der Waals surface area contributed by atoms with Gasteiger partial charge in [-0.2, -0.15) is 0 Å². The summed E-state index contributed by atoms with van der Waals surface area (Å²) in [6.07, 6.45) is 0. The lowest BCUT2D eigenvalue weighted by atomic mass is 10.1. The van der Waals surface area contributed by atoms with E-state index in [4.69, 9.17) is 0 Å². The van der Waals surface area contributed by atoms with Crippen LogP contribution < -0.4 is 16.6 Å². The van der Waals surface area contributed by atoms with Gasteiger partial charge in [-0.3, -0.25) is 14.2 Å². The Morgan fingerprint density at radius 2 is 1.74 bits per heavy atom. The highest BCUT2D eigenvalue weighted by atomic mass is 32.1. The standard InChI is InChI=1S/C24H23N3O3S/c1-14-8-9-18(12-16(14)3)27-23(29)22-20(10-11-31-22)26(24(27)30)13-21(28)25-19-7-5-6-15(2)17(19)4/h5-12H,13H2,1-4H3,(H,25,28). The molecule has 7 heteroatoms. The maximum atomic E-state index is 13.4. The Morgan fingerprint density at radius 1 is 0.968 bits per heavy atom. The van der Waals surface area contributed by atoms with Gasteiger partial charge in [0, 0.05) is 5.69 Å². The first-order valence-electron chi connectivity index (χ1n) is 9.94. The van der Waals surface area contributed by atoms with Crippen LogP contribution in [-0.2, 0) is 11.3 Å². The first kappa shape index (κ1) is 20.8. The summed E-state index contributed by atoms with van der Waals surface area (Å²) in [6.45, 7) is 7.63. The Hall–Kier alpha value is -3.45. The summed E-state index contributed by atoms with van der Waals surface area (Å²) in [4.78, 5) is 39.3. The van der Waals surface area contributed by atoms with Crippen molar-refractivity contribution in [3.8, 4) is 5.69 Å². The molecule has 31 heavy (non-hydrogen) atoms. The molecule has 4 aromatic rings. The SMILES string of the molecule is Cc1ccc(-n2c(=O)c3sccc3n(CC(=O)Nc3cccc(C)c3C)c2=O)cc1C. The Kier molecular flexibility index (Phi) is 5.37. The second-order valence-electron chi connectivity index (χ2n) is 7.71. The summed E-state index contributed by atoms with van der Waals surface area (Å²) in [6, 6.07) is 12.8. The van der Waals surface area contributed by atoms with E-state index in [0.717, 1.165) is 26.8 Å². The molecule has 0 spiro atoms. The number of rotatable bonds is 4. The van der Waals surface area contributed by atoms with E-state index in [1.165, 1.54) is 15.9 Å². The highest BCUT2D eigenvalue weighted by Gasteiger charge is 2.18. The monoisotopic (exact) mass is 433 g/mol. The number of carbonyl (C=O) groups is 1. The third kappa shape index (κ3) is 3.72. The molecule has 158 valence electrons. The van der Waals surface area contributed by atoms with Gasteiger partial charge in [0.05, 0.1) is 11.2 Å². The van der Waals surface area contributed by atoms with Gasteiger partial charge in [-0.05, 0) is 79.6 Å². The number of aromatic nitrogens is 2. The van der Waals surface area contributed by atoms with Gasteiger partial charge in [-0.1, -0.05) is 18.2 Å². The normalized spacial score (nSPS) is 11.1. The van der Waals surface area contributed by atoms with E-state index < -0.39 is 5.69 Å². The number of hydrogen-bond acceptors (Lipinski definition) is 4. The lowest BCUT2D eigenvalue weighted by molar-refractivity contribution is -0.116. The molecule has 0 bridgehead atoms. The first-order chi connectivity index (χ1) is 14.8. The Balaban J connectivity index is 1.81. The number of fused-ring (bicyclic) bond motifs is 1. The minimum absolute atomic E-state index is 0.190. The summed E-state index contributed by atoms with van der Waals surface area (Å²) < 4.78 is 2.96. The van der Waals surface area contributed by atoms with Crippen LogP contribution in [0.25, 0.3) is 15.9 Å². The molecule has 2 aromatic heterocycles. The molecule has 0 unspecified atom stereocenters. The van der Waals surface area contributed by atoms with Gasteiger partial charge in [-0.25, -0.2) is 9.36 Å². The zero-order chi connectivity index (χ0) is 22.3. The van der Waals surface area contributed by atoms with Crippen LogP contribution in [0.2, 0.25) is 0 Å². The molecular weight excluding hydrogens is 410 g/mol. The second kappa shape index (κ2) is 8.00. The van der Waals surface area contributed by atoms with Crippen LogP contribution in [0.5, 0.6) is 0 Å². The number of amides is 1. The molecule has 0 atom stereocenters. The van der Waals surface area contributed by atoms with Gasteiger partial charge in [0.2, 0.25) is 5.91 Å². The minimum atomic E-state index is -0.532. The highest BCUT2D eigenvalue weighted by molar-refractivity contribution is 7.17. The van der Waals surface area contributed by atoms with Crippen LogP contribution in [0.1, 0.15) is 22.3 Å². The average Bonchev–Trinajstić information content (AvgIpc) is 3.22. The van der Waals surface area contributed by atoms with Crippen LogP contribution in [0, 0.1) is 27.7 Å². The number of nitrogens with one attached hydrogen (secondary N) is 1. The molecule has 0 saturated heterocycles. The number of aryl methyl sites for hydroxylation is 3. The van der Waals surface area contributed by atoms with Gasteiger partial charge in [0.15, 0.2) is 0 Å². The van der Waals surface area contributed by atoms with E-state index in [-0.39, 0.29) is 18.0 Å². The number of nitrogens with zero attached hydrogens (tertiary/aromatic N) is 2. The van der Waals surface area contributed by atoms with Crippen molar-refractivity contribution in [1.82, 2.24) is 9.13 Å². The fraction of sp³-hybridized carbons (Fsp3) is 0.208. The molecule has 2 heterocycles. The summed E-state index contributed by atoms with van der Waals surface area (Å²) in [5.41, 5.74) is 4.87. The first-order valence-corrected chi connectivity index (χ1v) is 10.8. The Labute approximate surface area is 183 Å². The van der Waals surface area contributed by atoms with Gasteiger partial charge in [0.25, 0.3) is 5.56 Å². The molecule has 2 aromatic carbocycles. The second-order valence-corrected chi connectivity index (χ2v) is 8.62. The molecule has 0 aliphatic rings. The summed E-state index contributed by atoms with van der Waals surface area (Å²) in [5.74, 6) is -0.325. The molecule has 1 N–H and O–H groups in total. The third-order valence-corrected chi connectivity index (χ3v) is 6.58. The van der Waals surface area contributed by atoms with Crippen molar-refractivity contribution in [3.05, 3.63) is 90.9 Å². The molecule has 0 fully saturated rings. The number of benzene rings is 2. The van der Waals surface area contributed by atoms with Gasteiger partial charge in [0.1, 0.15) is 11.2 Å².